The van der Waals surface area contributed by atoms with Crippen LogP contribution in [0.15, 0.2) is 0 Å². The van der Waals surface area contributed by atoms with Gasteiger partial charge in [0.2, 0.25) is 0 Å². The number of nitrogens with two attached hydrogens (primary N) is 1. The molecule has 1 heterocycles. The summed E-state index contributed by atoms with van der Waals surface area (Å²) in [5.41, 5.74) is 0. The Hall–Kier alpha value is -0.190. The highest BCUT2D eigenvalue weighted by Crippen LogP contribution is 2.18. The van der Waals surface area contributed by atoms with Crippen LogP contribution in [-0.2, 0) is 4.84 Å². The minimum atomic E-state index is -0.770. The van der Waals surface area contributed by atoms with Crippen molar-refractivity contribution in [2.24, 2.45) is 5.90 Å². The highest BCUT2D eigenvalue weighted by atomic mass is 19.1. The van der Waals surface area contributed by atoms with Gasteiger partial charge in [0.15, 0.2) is 0 Å². The van der Waals surface area contributed by atoms with Gasteiger partial charge < -0.3 is 4.84 Å². The molecule has 0 aromatic heterocycles. The van der Waals surface area contributed by atoms with Crippen LogP contribution in [0.5, 0.6) is 0 Å². The average Bonchev–Trinajstić information content (AvgIpc) is 2.20. The van der Waals surface area contributed by atoms with Crippen LogP contribution in [0, 0.1) is 0 Å². The smallest absolute Gasteiger partial charge is 0.119 e. The van der Waals surface area contributed by atoms with E-state index < -0.39 is 6.17 Å². The number of nitrogens with zero attached hydrogens (tertiary/aromatic N) is 1. The fraction of sp³-hybridized carbons (Fsp3) is 1.00. The molecule has 0 aromatic rings. The van der Waals surface area contributed by atoms with Crippen molar-refractivity contribution in [2.75, 3.05) is 20.2 Å². The predicted molar refractivity (Wildman–Crippen MR) is 36.1 cm³/mol. The van der Waals surface area contributed by atoms with Crippen LogP contribution in [0.2, 0.25) is 0 Å². The van der Waals surface area contributed by atoms with Crippen molar-refractivity contribution in [3.05, 3.63) is 0 Å². The average molecular weight is 148 g/mol. The van der Waals surface area contributed by atoms with Crippen molar-refractivity contribution in [3.8, 4) is 0 Å². The van der Waals surface area contributed by atoms with E-state index in [4.69, 9.17) is 5.90 Å². The standard InChI is InChI=1S/C6H13FN2O/c1-9-3-2-5(7)6(9)4-10-8/h5-6H,2-4,8H2,1H3/t5-,6+/m0/s1. The number of hydrogen-bond donors (Lipinski definition) is 1. The van der Waals surface area contributed by atoms with Crippen molar-refractivity contribution < 1.29 is 9.23 Å². The maximum Gasteiger partial charge on any atom is 0.119 e. The third kappa shape index (κ3) is 1.45. The summed E-state index contributed by atoms with van der Waals surface area (Å²) >= 11 is 0. The molecule has 0 amide bonds. The van der Waals surface area contributed by atoms with Gasteiger partial charge in [-0.25, -0.2) is 10.3 Å². The Morgan fingerprint density at radius 2 is 2.50 bits per heavy atom. The van der Waals surface area contributed by atoms with Crippen LogP contribution in [0.25, 0.3) is 0 Å². The lowest BCUT2D eigenvalue weighted by atomic mass is 10.2. The highest BCUT2D eigenvalue weighted by Gasteiger charge is 2.31. The van der Waals surface area contributed by atoms with Crippen molar-refractivity contribution in [3.63, 3.8) is 0 Å². The Labute approximate surface area is 59.9 Å². The zero-order valence-electron chi connectivity index (χ0n) is 6.09. The molecule has 2 atom stereocenters. The zero-order valence-corrected chi connectivity index (χ0v) is 6.09. The molecule has 1 aliphatic heterocycles. The number of alkyl halides is 1. The van der Waals surface area contributed by atoms with Gasteiger partial charge in [0.1, 0.15) is 6.17 Å². The minimum Gasteiger partial charge on any atom is -0.303 e. The fourth-order valence-electron chi connectivity index (χ4n) is 1.29. The molecule has 0 aliphatic carbocycles. The second-order valence-electron chi connectivity index (χ2n) is 2.69. The molecule has 1 aliphatic rings. The second kappa shape index (κ2) is 3.27. The molecular weight excluding hydrogens is 135 g/mol. The first-order valence-electron chi connectivity index (χ1n) is 3.41. The summed E-state index contributed by atoms with van der Waals surface area (Å²) < 4.78 is 12.8. The van der Waals surface area contributed by atoms with Crippen LogP contribution >= 0.6 is 0 Å². The Morgan fingerprint density at radius 1 is 1.80 bits per heavy atom. The summed E-state index contributed by atoms with van der Waals surface area (Å²) in [4.78, 5) is 6.31. The van der Waals surface area contributed by atoms with E-state index in [1.54, 1.807) is 0 Å². The van der Waals surface area contributed by atoms with E-state index in [1.165, 1.54) is 0 Å². The molecule has 0 unspecified atom stereocenters. The van der Waals surface area contributed by atoms with Gasteiger partial charge in [-0.15, -0.1) is 0 Å². The van der Waals surface area contributed by atoms with Gasteiger partial charge in [-0.1, -0.05) is 0 Å². The number of halogens is 1. The zero-order chi connectivity index (χ0) is 7.56. The van der Waals surface area contributed by atoms with Crippen molar-refractivity contribution >= 4 is 0 Å². The van der Waals surface area contributed by atoms with Gasteiger partial charge >= 0.3 is 0 Å². The quantitative estimate of drug-likeness (QED) is 0.557. The van der Waals surface area contributed by atoms with Gasteiger partial charge in [-0.05, 0) is 13.5 Å². The van der Waals surface area contributed by atoms with Crippen LogP contribution in [-0.4, -0.2) is 37.3 Å². The van der Waals surface area contributed by atoms with Gasteiger partial charge in [-0.2, -0.15) is 0 Å². The van der Waals surface area contributed by atoms with Gasteiger partial charge in [0.25, 0.3) is 0 Å². The lowest BCUT2D eigenvalue weighted by molar-refractivity contribution is 0.0637. The molecule has 4 heteroatoms. The molecule has 1 rings (SSSR count). The van der Waals surface area contributed by atoms with E-state index in [1.807, 2.05) is 11.9 Å². The SMILES string of the molecule is CN1CC[C@H](F)[C@H]1CON. The summed E-state index contributed by atoms with van der Waals surface area (Å²) in [6.45, 7) is 1.09. The molecule has 10 heavy (non-hydrogen) atoms. The van der Waals surface area contributed by atoms with Crippen LogP contribution in [0.1, 0.15) is 6.42 Å². The highest BCUT2D eigenvalue weighted by molar-refractivity contribution is 4.84. The third-order valence-corrected chi connectivity index (χ3v) is 2.01. The third-order valence-electron chi connectivity index (χ3n) is 2.01. The molecule has 2 N–H and O–H groups in total. The van der Waals surface area contributed by atoms with E-state index in [0.717, 1.165) is 6.54 Å². The number of rotatable bonds is 2. The van der Waals surface area contributed by atoms with Gasteiger partial charge in [0.05, 0.1) is 12.6 Å². The summed E-state index contributed by atoms with van der Waals surface area (Å²) in [6, 6.07) is -0.134. The van der Waals surface area contributed by atoms with Crippen LogP contribution in [0.3, 0.4) is 0 Å². The Kier molecular flexibility index (Phi) is 2.59. The molecule has 1 fully saturated rings. The number of hydrogen-bond acceptors (Lipinski definition) is 3. The van der Waals surface area contributed by atoms with Crippen LogP contribution in [0.4, 0.5) is 4.39 Å². The minimum absolute atomic E-state index is 0.134. The van der Waals surface area contributed by atoms with E-state index >= 15 is 0 Å². The molecule has 0 bridgehead atoms. The summed E-state index contributed by atoms with van der Waals surface area (Å²) in [5.74, 6) is 4.84. The van der Waals surface area contributed by atoms with E-state index in [-0.39, 0.29) is 12.6 Å². The van der Waals surface area contributed by atoms with Crippen molar-refractivity contribution in [1.82, 2.24) is 4.90 Å². The first-order chi connectivity index (χ1) is 4.75. The van der Waals surface area contributed by atoms with Gasteiger partial charge in [0, 0.05) is 6.54 Å². The maximum absolute atomic E-state index is 12.8. The molecule has 0 aromatic carbocycles. The van der Waals surface area contributed by atoms with Crippen LogP contribution < -0.4 is 5.90 Å². The van der Waals surface area contributed by atoms with Gasteiger partial charge in [-0.3, -0.25) is 4.90 Å². The van der Waals surface area contributed by atoms with Crippen molar-refractivity contribution in [2.45, 2.75) is 18.6 Å². The lowest BCUT2D eigenvalue weighted by Gasteiger charge is -2.18. The molecule has 3 nitrogen and oxygen atoms in total. The lowest BCUT2D eigenvalue weighted by Crippen LogP contribution is -2.35. The first-order valence-corrected chi connectivity index (χ1v) is 3.41. The van der Waals surface area contributed by atoms with E-state index in [0.29, 0.717) is 6.42 Å². The first kappa shape index (κ1) is 7.91. The van der Waals surface area contributed by atoms with Crippen molar-refractivity contribution in [1.29, 1.82) is 0 Å². The summed E-state index contributed by atoms with van der Waals surface area (Å²) in [5, 5.41) is 0. The predicted octanol–water partition coefficient (Wildman–Crippen LogP) is -0.0811. The second-order valence-corrected chi connectivity index (χ2v) is 2.69. The molecule has 0 saturated carbocycles. The summed E-state index contributed by atoms with van der Waals surface area (Å²) in [7, 11) is 1.88. The maximum atomic E-state index is 12.8. The largest absolute Gasteiger partial charge is 0.303 e. The Balaban J connectivity index is 2.38. The number of likely N-dealkylation sites (tertiary alicyclic amines) is 1. The Morgan fingerprint density at radius 3 is 2.90 bits per heavy atom. The summed E-state index contributed by atoms with van der Waals surface area (Å²) in [6.07, 6.45) is -0.168. The molecule has 0 radical (unpaired) electrons. The molecule has 60 valence electrons. The molecule has 0 spiro atoms. The molecular formula is C6H13FN2O. The monoisotopic (exact) mass is 148 g/mol. The number of likely N-dealkylation sites (N-methyl/N-ethyl adjacent to an activating group) is 1. The molecule has 1 saturated heterocycles. The Bertz CT molecular complexity index is 102. The fourth-order valence-corrected chi connectivity index (χ4v) is 1.29. The normalized spacial score (nSPS) is 35.1. The van der Waals surface area contributed by atoms with E-state index in [2.05, 4.69) is 4.84 Å². The topological polar surface area (TPSA) is 38.5 Å². The van der Waals surface area contributed by atoms with E-state index in [9.17, 15) is 4.39 Å².